The molecule has 0 radical (unpaired) electrons. The number of alkyl carbamates (subject to hydrolysis) is 2. The Morgan fingerprint density at radius 1 is 0.735 bits per heavy atom. The summed E-state index contributed by atoms with van der Waals surface area (Å²) in [6.45, 7) is 10.9. The summed E-state index contributed by atoms with van der Waals surface area (Å²) in [5, 5.41) is 23.8. The third-order valence-corrected chi connectivity index (χ3v) is 13.6. The number of ether oxygens (including phenoxy) is 10. The second-order valence-corrected chi connectivity index (χ2v) is 21.0. The lowest BCUT2D eigenvalue weighted by molar-refractivity contribution is -0.282. The maximum Gasteiger partial charge on any atom is 0.408 e. The molecule has 83 heavy (non-hydrogen) atoms. The van der Waals surface area contributed by atoms with E-state index in [0.717, 1.165) is 43.0 Å². The van der Waals surface area contributed by atoms with Crippen molar-refractivity contribution in [3.05, 3.63) is 102 Å². The maximum atomic E-state index is 13.9. The molecule has 4 aliphatic rings. The number of hydrogen-bond acceptors (Lipinski definition) is 20. The molecule has 0 bridgehead atoms. The smallest absolute Gasteiger partial charge is 0.408 e. The molecule has 1 aliphatic carbocycles. The normalized spacial score (nSPS) is 22.6. The molecule has 25 heteroatoms. The second-order valence-electron chi connectivity index (χ2n) is 21.0. The van der Waals surface area contributed by atoms with E-state index in [-0.39, 0.29) is 88.3 Å². The van der Waals surface area contributed by atoms with Gasteiger partial charge in [0.05, 0.1) is 31.9 Å². The van der Waals surface area contributed by atoms with Gasteiger partial charge in [-0.05, 0) is 73.6 Å². The highest BCUT2D eigenvalue weighted by molar-refractivity contribution is 5.87. The summed E-state index contributed by atoms with van der Waals surface area (Å²) in [6.07, 6.45) is -10.0. The molecule has 3 saturated heterocycles. The SMILES string of the molecule is C=CCOC(=O)[C@H]1O[C@@H](Oc2ccc(CO)cc2CNC(=O)CCNC(=O)[C@H](CCCC(=O)N[C@H]2CO[C@H]3[C@@H]2OC[C@@H]3NC(=O)OC(C)(C)C)NC(=O)OCC2c3ccccc3-c3ccccc32)[C@H](OC(C)=O)[C@@H](OC(C)=O)[C@@H]1OC(C)=O. The topological polar surface area (TPSA) is 326 Å². The first kappa shape index (κ1) is 62.5. The van der Waals surface area contributed by atoms with Crippen molar-refractivity contribution in [2.75, 3.05) is 33.0 Å². The lowest BCUT2D eigenvalue weighted by atomic mass is 9.97. The molecule has 3 heterocycles. The van der Waals surface area contributed by atoms with Crippen LogP contribution in [0.2, 0.25) is 0 Å². The largest absolute Gasteiger partial charge is 0.460 e. The highest BCUT2D eigenvalue weighted by atomic mass is 16.7. The first-order valence-electron chi connectivity index (χ1n) is 27.1. The van der Waals surface area contributed by atoms with Crippen LogP contribution < -0.4 is 31.3 Å². The van der Waals surface area contributed by atoms with Crippen molar-refractivity contribution in [1.29, 1.82) is 0 Å². The van der Waals surface area contributed by atoms with Gasteiger partial charge in [0.2, 0.25) is 30.1 Å². The van der Waals surface area contributed by atoms with Crippen LogP contribution in [0.5, 0.6) is 5.75 Å². The van der Waals surface area contributed by atoms with Crippen LogP contribution in [0.4, 0.5) is 9.59 Å². The van der Waals surface area contributed by atoms with Crippen molar-refractivity contribution in [1.82, 2.24) is 26.6 Å². The van der Waals surface area contributed by atoms with Crippen molar-refractivity contribution < 1.29 is 95.6 Å². The third-order valence-electron chi connectivity index (χ3n) is 13.6. The van der Waals surface area contributed by atoms with Crippen LogP contribution in [-0.2, 0) is 89.3 Å². The Morgan fingerprint density at radius 2 is 1.35 bits per heavy atom. The Kier molecular flexibility index (Phi) is 21.6. The quantitative estimate of drug-likeness (QED) is 0.0426. The lowest BCUT2D eigenvalue weighted by Crippen LogP contribution is -2.64. The summed E-state index contributed by atoms with van der Waals surface area (Å²) >= 11 is 0. The van der Waals surface area contributed by atoms with Gasteiger partial charge in [0.15, 0.2) is 18.3 Å². The van der Waals surface area contributed by atoms with Crippen LogP contribution in [0.1, 0.15) is 95.4 Å². The number of nitrogens with one attached hydrogen (secondary N) is 5. The first-order chi connectivity index (χ1) is 39.6. The molecule has 5 amide bonds. The van der Waals surface area contributed by atoms with Gasteiger partial charge >= 0.3 is 36.1 Å². The van der Waals surface area contributed by atoms with Crippen molar-refractivity contribution in [3.63, 3.8) is 0 Å². The molecule has 3 aromatic rings. The van der Waals surface area contributed by atoms with Gasteiger partial charge in [-0.2, -0.15) is 0 Å². The van der Waals surface area contributed by atoms with Gasteiger partial charge in [-0.1, -0.05) is 67.3 Å². The van der Waals surface area contributed by atoms with Gasteiger partial charge in [-0.25, -0.2) is 14.4 Å². The number of rotatable bonds is 24. The van der Waals surface area contributed by atoms with Gasteiger partial charge in [0.25, 0.3) is 0 Å². The van der Waals surface area contributed by atoms with Crippen molar-refractivity contribution >= 4 is 53.8 Å². The van der Waals surface area contributed by atoms with E-state index < -0.39 is 121 Å². The number of amides is 5. The molecule has 0 unspecified atom stereocenters. The van der Waals surface area contributed by atoms with E-state index in [2.05, 4.69) is 33.2 Å². The molecule has 3 fully saturated rings. The van der Waals surface area contributed by atoms with E-state index in [1.807, 2.05) is 48.5 Å². The number of aliphatic hydroxyl groups is 1. The maximum absolute atomic E-state index is 13.9. The van der Waals surface area contributed by atoms with E-state index in [1.165, 1.54) is 24.3 Å². The Hall–Kier alpha value is -8.13. The van der Waals surface area contributed by atoms with Crippen LogP contribution in [0, 0.1) is 0 Å². The highest BCUT2D eigenvalue weighted by Crippen LogP contribution is 2.44. The minimum Gasteiger partial charge on any atom is -0.460 e. The Labute approximate surface area is 479 Å². The van der Waals surface area contributed by atoms with Gasteiger partial charge in [0.1, 0.15) is 42.8 Å². The van der Waals surface area contributed by atoms with Gasteiger partial charge in [-0.15, -0.1) is 0 Å². The molecule has 3 aromatic carbocycles. The van der Waals surface area contributed by atoms with E-state index in [0.29, 0.717) is 5.56 Å². The van der Waals surface area contributed by atoms with Gasteiger partial charge < -0.3 is 79.1 Å². The number of hydrogen-bond donors (Lipinski definition) is 6. The number of benzene rings is 3. The molecule has 7 rings (SSSR count). The minimum atomic E-state index is -1.79. The average Bonchev–Trinajstić information content (AvgIpc) is 2.97. The monoisotopic (exact) mass is 1160 g/mol. The molecule has 6 N–H and O–H groups in total. The van der Waals surface area contributed by atoms with E-state index in [9.17, 15) is 48.3 Å². The molecular weight excluding hydrogens is 1090 g/mol. The minimum absolute atomic E-state index is 0.0168. The zero-order chi connectivity index (χ0) is 60.0. The molecule has 3 aliphatic heterocycles. The second kappa shape index (κ2) is 28.7. The first-order valence-corrected chi connectivity index (χ1v) is 27.1. The number of fused-ring (bicyclic) bond motifs is 4. The summed E-state index contributed by atoms with van der Waals surface area (Å²) in [5.74, 6) is -5.67. The summed E-state index contributed by atoms with van der Waals surface area (Å²) in [4.78, 5) is 117. The molecule has 448 valence electrons. The Morgan fingerprint density at radius 3 is 1.96 bits per heavy atom. The summed E-state index contributed by atoms with van der Waals surface area (Å²) in [7, 11) is 0. The molecule has 0 spiro atoms. The fraction of sp³-hybridized carbons (Fsp3) is 0.500. The lowest BCUT2D eigenvalue weighted by Gasteiger charge is -2.43. The summed E-state index contributed by atoms with van der Waals surface area (Å²) in [6, 6.07) is 17.8. The number of esters is 4. The van der Waals surface area contributed by atoms with Crippen molar-refractivity contribution in [3.8, 4) is 16.9 Å². The van der Waals surface area contributed by atoms with Crippen LogP contribution in [0.3, 0.4) is 0 Å². The molecule has 0 aromatic heterocycles. The average molecular weight is 1160 g/mol. The predicted molar refractivity (Wildman–Crippen MR) is 289 cm³/mol. The summed E-state index contributed by atoms with van der Waals surface area (Å²) in [5.41, 5.74) is 3.92. The van der Waals surface area contributed by atoms with E-state index in [4.69, 9.17) is 47.4 Å². The highest BCUT2D eigenvalue weighted by Gasteiger charge is 2.56. The van der Waals surface area contributed by atoms with E-state index >= 15 is 0 Å². The summed E-state index contributed by atoms with van der Waals surface area (Å²) < 4.78 is 56.7. The third kappa shape index (κ3) is 17.0. The van der Waals surface area contributed by atoms with Gasteiger partial charge in [0, 0.05) is 58.2 Å². The zero-order valence-corrected chi connectivity index (χ0v) is 47.0. The fourth-order valence-electron chi connectivity index (χ4n) is 10.1. The van der Waals surface area contributed by atoms with Crippen LogP contribution in [0.15, 0.2) is 79.4 Å². The standard InChI is InChI=1S/C58H71N5O20/c1-8-24-74-54(71)51-49(78-31(2)65)50(79-32(3)66)52(80-33(4)67)55(82-51)81-44-21-20-34(27-64)25-35(44)26-60-45(68)22-23-59-53(70)41(62-56(72)77-28-40-38-16-11-9-14-36(38)37-15-10-12-17-39(37)40)18-13-19-46(69)61-42-29-75-48-43(30-76-47(42)48)63-57(73)83-58(5,6)7/h8-12,14-17,20-21,25,40-43,47-52,55,64H,1,13,18-19,22-24,26-30H2,2-7H3,(H,59,70)(H,60,68)(H,61,69)(H,62,72)(H,63,73)/t41-,42-,43-,47+,48+,49-,50-,51-,52+,55+/m0/s1. The van der Waals surface area contributed by atoms with Crippen LogP contribution >= 0.6 is 0 Å². The van der Waals surface area contributed by atoms with Gasteiger partial charge in [-0.3, -0.25) is 28.8 Å². The van der Waals surface area contributed by atoms with Crippen molar-refractivity contribution in [2.24, 2.45) is 0 Å². The van der Waals surface area contributed by atoms with Crippen LogP contribution in [0.25, 0.3) is 11.1 Å². The number of aliphatic hydroxyl groups excluding tert-OH is 1. The molecule has 10 atom stereocenters. The molecule has 0 saturated carbocycles. The van der Waals surface area contributed by atoms with E-state index in [1.54, 1.807) is 20.8 Å². The number of carbonyl (C=O) groups is 9. The predicted octanol–water partition coefficient (Wildman–Crippen LogP) is 3.18. The number of carbonyl (C=O) groups excluding carboxylic acids is 9. The zero-order valence-electron chi connectivity index (χ0n) is 47.0. The van der Waals surface area contributed by atoms with Crippen molar-refractivity contribution in [2.45, 2.75) is 153 Å². The fourth-order valence-corrected chi connectivity index (χ4v) is 10.1. The van der Waals surface area contributed by atoms with Crippen LogP contribution in [-0.4, -0.2) is 159 Å². The molecule has 25 nitrogen and oxygen atoms in total. The Bertz CT molecular complexity index is 2830. The Balaban J connectivity index is 0.982. The molecular formula is C58H71N5O20.